The lowest BCUT2D eigenvalue weighted by Crippen LogP contribution is -1.89. The van der Waals surface area contributed by atoms with Gasteiger partial charge in [0.15, 0.2) is 0 Å². The van der Waals surface area contributed by atoms with E-state index in [1.165, 1.54) is 0 Å². The van der Waals surface area contributed by atoms with Crippen LogP contribution in [0, 0.1) is 6.58 Å². The summed E-state index contributed by atoms with van der Waals surface area (Å²) in [6, 6.07) is 0. The first-order chi connectivity index (χ1) is 4.34. The molecule has 0 aromatic carbocycles. The molecular formula is C7H9N2. The summed E-state index contributed by atoms with van der Waals surface area (Å²) in [5, 5.41) is 0. The van der Waals surface area contributed by atoms with E-state index in [0.29, 0.717) is 0 Å². The molecule has 1 aromatic heterocycles. The zero-order valence-electron chi connectivity index (χ0n) is 5.33. The first kappa shape index (κ1) is 6.08. The predicted molar refractivity (Wildman–Crippen MR) is 35.9 cm³/mol. The molecule has 0 spiro atoms. The Morgan fingerprint density at radius 2 is 2.67 bits per heavy atom. The maximum atomic E-state index is 5.28. The minimum Gasteiger partial charge on any atom is -0.348 e. The van der Waals surface area contributed by atoms with Crippen LogP contribution in [0.5, 0.6) is 0 Å². The van der Waals surface area contributed by atoms with Crippen LogP contribution in [0.3, 0.4) is 0 Å². The van der Waals surface area contributed by atoms with Crippen molar-refractivity contribution in [1.82, 2.24) is 9.97 Å². The Morgan fingerprint density at radius 3 is 3.11 bits per heavy atom. The largest absolute Gasteiger partial charge is 0.348 e. The molecule has 9 heavy (non-hydrogen) atoms. The van der Waals surface area contributed by atoms with E-state index in [2.05, 4.69) is 9.97 Å². The van der Waals surface area contributed by atoms with E-state index in [9.17, 15) is 0 Å². The summed E-state index contributed by atoms with van der Waals surface area (Å²) in [5.74, 6) is 1.14. The lowest BCUT2D eigenvalue weighted by atomic mass is 10.2. The Balaban J connectivity index is 2.76. The summed E-state index contributed by atoms with van der Waals surface area (Å²) in [7, 11) is 0. The predicted octanol–water partition coefficient (Wildman–Crippen LogP) is 1.50. The van der Waals surface area contributed by atoms with Gasteiger partial charge in [0.05, 0.1) is 0 Å². The van der Waals surface area contributed by atoms with Gasteiger partial charge in [-0.05, 0) is 0 Å². The molecule has 1 unspecified atom stereocenters. The monoisotopic (exact) mass is 121 g/mol. The number of H-pyrrole nitrogens is 1. The molecule has 1 atom stereocenters. The van der Waals surface area contributed by atoms with Crippen molar-refractivity contribution in [1.29, 1.82) is 0 Å². The van der Waals surface area contributed by atoms with Gasteiger partial charge in [0.25, 0.3) is 0 Å². The smallest absolute Gasteiger partial charge is 0.112 e. The molecule has 1 rings (SSSR count). The van der Waals surface area contributed by atoms with E-state index in [1.54, 1.807) is 18.5 Å². The van der Waals surface area contributed by atoms with Gasteiger partial charge in [-0.25, -0.2) is 4.98 Å². The summed E-state index contributed by atoms with van der Waals surface area (Å²) in [4.78, 5) is 6.99. The molecule has 0 aliphatic heterocycles. The van der Waals surface area contributed by atoms with Crippen molar-refractivity contribution in [2.75, 3.05) is 0 Å². The van der Waals surface area contributed by atoms with Crippen LogP contribution in [0.1, 0.15) is 18.7 Å². The van der Waals surface area contributed by atoms with Crippen LogP contribution in [0.15, 0.2) is 18.5 Å². The SMILES string of the molecule is [CH]=CC(C)c1ncc[nH]1. The fourth-order valence-corrected chi connectivity index (χ4v) is 0.618. The normalized spacial score (nSPS) is 13.0. The van der Waals surface area contributed by atoms with Gasteiger partial charge < -0.3 is 4.98 Å². The Kier molecular flexibility index (Phi) is 1.68. The van der Waals surface area contributed by atoms with E-state index in [1.807, 2.05) is 6.92 Å². The average Bonchev–Trinajstić information content (AvgIpc) is 2.37. The molecule has 1 aromatic rings. The van der Waals surface area contributed by atoms with Gasteiger partial charge >= 0.3 is 0 Å². The molecule has 1 radical (unpaired) electrons. The summed E-state index contributed by atoms with van der Waals surface area (Å²) in [6.07, 6.45) is 5.11. The number of hydrogen-bond donors (Lipinski definition) is 1. The van der Waals surface area contributed by atoms with Gasteiger partial charge in [-0.1, -0.05) is 19.6 Å². The van der Waals surface area contributed by atoms with Crippen molar-refractivity contribution in [2.24, 2.45) is 0 Å². The molecule has 0 saturated heterocycles. The average molecular weight is 121 g/mol. The molecule has 0 bridgehead atoms. The number of hydrogen-bond acceptors (Lipinski definition) is 1. The van der Waals surface area contributed by atoms with Crippen molar-refractivity contribution >= 4 is 0 Å². The highest BCUT2D eigenvalue weighted by molar-refractivity contribution is 5.01. The van der Waals surface area contributed by atoms with Crippen LogP contribution < -0.4 is 0 Å². The highest BCUT2D eigenvalue weighted by Crippen LogP contribution is 2.08. The second-order valence-electron chi connectivity index (χ2n) is 1.96. The highest BCUT2D eigenvalue weighted by Gasteiger charge is 1.99. The van der Waals surface area contributed by atoms with Gasteiger partial charge in [-0.2, -0.15) is 0 Å². The molecule has 0 saturated carbocycles. The molecule has 1 N–H and O–H groups in total. The fraction of sp³-hybridized carbons (Fsp3) is 0.286. The molecule has 0 aliphatic rings. The van der Waals surface area contributed by atoms with Gasteiger partial charge in [0, 0.05) is 18.3 Å². The minimum atomic E-state index is 0.222. The first-order valence-electron chi connectivity index (χ1n) is 2.89. The molecule has 0 aliphatic carbocycles. The van der Waals surface area contributed by atoms with Crippen molar-refractivity contribution in [3.63, 3.8) is 0 Å². The van der Waals surface area contributed by atoms with Crippen LogP contribution >= 0.6 is 0 Å². The molecule has 2 heteroatoms. The van der Waals surface area contributed by atoms with E-state index in [-0.39, 0.29) is 5.92 Å². The zero-order valence-corrected chi connectivity index (χ0v) is 5.33. The van der Waals surface area contributed by atoms with E-state index < -0.39 is 0 Å². The fourth-order valence-electron chi connectivity index (χ4n) is 0.618. The van der Waals surface area contributed by atoms with E-state index in [0.717, 1.165) is 5.82 Å². The number of aromatic nitrogens is 2. The van der Waals surface area contributed by atoms with Crippen molar-refractivity contribution < 1.29 is 0 Å². The highest BCUT2D eigenvalue weighted by atomic mass is 14.9. The zero-order chi connectivity index (χ0) is 6.69. The second-order valence-corrected chi connectivity index (χ2v) is 1.96. The molecule has 2 nitrogen and oxygen atoms in total. The Morgan fingerprint density at radius 1 is 1.89 bits per heavy atom. The summed E-state index contributed by atoms with van der Waals surface area (Å²) in [5.41, 5.74) is 0. The molecule has 0 fully saturated rings. The van der Waals surface area contributed by atoms with Crippen LogP contribution in [-0.2, 0) is 0 Å². The van der Waals surface area contributed by atoms with Gasteiger partial charge in [-0.3, -0.25) is 0 Å². The topological polar surface area (TPSA) is 28.7 Å². The molecule has 0 amide bonds. The van der Waals surface area contributed by atoms with Crippen LogP contribution in [0.4, 0.5) is 0 Å². The molecular weight excluding hydrogens is 112 g/mol. The van der Waals surface area contributed by atoms with Gasteiger partial charge in [0.1, 0.15) is 5.82 Å². The number of rotatable bonds is 2. The number of allylic oxidation sites excluding steroid dienone is 1. The van der Waals surface area contributed by atoms with Crippen LogP contribution in [0.2, 0.25) is 0 Å². The van der Waals surface area contributed by atoms with Crippen LogP contribution in [0.25, 0.3) is 0 Å². The van der Waals surface area contributed by atoms with Crippen molar-refractivity contribution in [2.45, 2.75) is 12.8 Å². The van der Waals surface area contributed by atoms with Gasteiger partial charge in [0.2, 0.25) is 0 Å². The second kappa shape index (κ2) is 2.49. The lowest BCUT2D eigenvalue weighted by molar-refractivity contribution is 0.872. The first-order valence-corrected chi connectivity index (χ1v) is 2.89. The number of nitrogens with one attached hydrogen (secondary N) is 1. The number of nitrogens with zero attached hydrogens (tertiary/aromatic N) is 1. The molecule has 1 heterocycles. The minimum absolute atomic E-state index is 0.222. The number of imidazole rings is 1. The quantitative estimate of drug-likeness (QED) is 0.631. The third kappa shape index (κ3) is 1.19. The summed E-state index contributed by atoms with van der Waals surface area (Å²) in [6.45, 7) is 7.26. The van der Waals surface area contributed by atoms with Crippen LogP contribution in [-0.4, -0.2) is 9.97 Å². The summed E-state index contributed by atoms with van der Waals surface area (Å²) >= 11 is 0. The van der Waals surface area contributed by atoms with E-state index >= 15 is 0 Å². The van der Waals surface area contributed by atoms with Crippen molar-refractivity contribution in [3.05, 3.63) is 30.9 Å². The van der Waals surface area contributed by atoms with E-state index in [4.69, 9.17) is 6.58 Å². The standard InChI is InChI=1S/C7H9N2/c1-3-6(2)7-8-4-5-9-7/h1,3-6H,2H3,(H,8,9). The Hall–Kier alpha value is -1.05. The summed E-state index contributed by atoms with van der Waals surface area (Å²) < 4.78 is 0. The third-order valence-corrected chi connectivity index (χ3v) is 1.24. The Labute approximate surface area is 54.6 Å². The van der Waals surface area contributed by atoms with Crippen molar-refractivity contribution in [3.8, 4) is 0 Å². The lowest BCUT2D eigenvalue weighted by Gasteiger charge is -1.97. The Bertz CT molecular complexity index is 177. The maximum absolute atomic E-state index is 5.28. The molecule has 47 valence electrons. The van der Waals surface area contributed by atoms with Gasteiger partial charge in [-0.15, -0.1) is 0 Å². The maximum Gasteiger partial charge on any atom is 0.112 e. The third-order valence-electron chi connectivity index (χ3n) is 1.24. The number of aromatic amines is 1.